The third-order valence-corrected chi connectivity index (χ3v) is 3.52. The van der Waals surface area contributed by atoms with Crippen molar-refractivity contribution in [2.75, 3.05) is 19.8 Å². The van der Waals surface area contributed by atoms with Gasteiger partial charge in [-0.2, -0.15) is 0 Å². The van der Waals surface area contributed by atoms with Crippen molar-refractivity contribution in [3.8, 4) is 0 Å². The summed E-state index contributed by atoms with van der Waals surface area (Å²) in [5, 5.41) is 3.41. The van der Waals surface area contributed by atoms with Crippen LogP contribution in [0.2, 0.25) is 0 Å². The van der Waals surface area contributed by atoms with E-state index in [1.807, 2.05) is 0 Å². The van der Waals surface area contributed by atoms with Gasteiger partial charge in [-0.1, -0.05) is 0 Å². The summed E-state index contributed by atoms with van der Waals surface area (Å²) in [5.41, 5.74) is 3.86. The van der Waals surface area contributed by atoms with Gasteiger partial charge in [-0.25, -0.2) is 9.97 Å². The van der Waals surface area contributed by atoms with Crippen LogP contribution in [0, 0.1) is 0 Å². The van der Waals surface area contributed by atoms with Gasteiger partial charge in [0, 0.05) is 49.9 Å². The van der Waals surface area contributed by atoms with Crippen molar-refractivity contribution in [3.63, 3.8) is 0 Å². The highest BCUT2D eigenvalue weighted by Crippen LogP contribution is 2.29. The summed E-state index contributed by atoms with van der Waals surface area (Å²) < 4.78 is 5.41. The molecular weight excluding hydrogens is 202 g/mol. The summed E-state index contributed by atoms with van der Waals surface area (Å²) >= 11 is 0. The first-order valence-electron chi connectivity index (χ1n) is 6.06. The van der Waals surface area contributed by atoms with Gasteiger partial charge in [0.05, 0.1) is 5.69 Å². The molecule has 16 heavy (non-hydrogen) atoms. The van der Waals surface area contributed by atoms with Gasteiger partial charge >= 0.3 is 0 Å². The Morgan fingerprint density at radius 3 is 3.00 bits per heavy atom. The Balaban J connectivity index is 1.93. The molecule has 0 spiro atoms. The van der Waals surface area contributed by atoms with Crippen LogP contribution in [0.1, 0.15) is 35.7 Å². The maximum atomic E-state index is 5.41. The predicted molar refractivity (Wildman–Crippen MR) is 60.2 cm³/mol. The Morgan fingerprint density at radius 2 is 2.12 bits per heavy atom. The zero-order valence-electron chi connectivity index (χ0n) is 9.41. The minimum atomic E-state index is 0.574. The van der Waals surface area contributed by atoms with E-state index >= 15 is 0 Å². The smallest absolute Gasteiger partial charge is 0.115 e. The molecule has 1 N–H and O–H groups in total. The van der Waals surface area contributed by atoms with Crippen LogP contribution >= 0.6 is 0 Å². The summed E-state index contributed by atoms with van der Waals surface area (Å²) in [6.45, 7) is 3.72. The molecule has 4 heteroatoms. The summed E-state index contributed by atoms with van der Waals surface area (Å²) in [6, 6.07) is 0. The summed E-state index contributed by atoms with van der Waals surface area (Å²) in [4.78, 5) is 8.90. The highest BCUT2D eigenvalue weighted by atomic mass is 16.5. The molecule has 1 saturated heterocycles. The van der Waals surface area contributed by atoms with Gasteiger partial charge in [-0.15, -0.1) is 0 Å². The number of fused-ring (bicyclic) bond motifs is 1. The first kappa shape index (κ1) is 10.2. The first-order valence-corrected chi connectivity index (χ1v) is 6.06. The van der Waals surface area contributed by atoms with E-state index in [2.05, 4.69) is 15.3 Å². The Labute approximate surface area is 95.4 Å². The Kier molecular flexibility index (Phi) is 2.84. The maximum absolute atomic E-state index is 5.41. The third-order valence-electron chi connectivity index (χ3n) is 3.52. The predicted octanol–water partition coefficient (Wildman–Crippen LogP) is 1.02. The van der Waals surface area contributed by atoms with E-state index in [-0.39, 0.29) is 0 Å². The Morgan fingerprint density at radius 1 is 1.25 bits per heavy atom. The number of aromatic nitrogens is 2. The van der Waals surface area contributed by atoms with Crippen LogP contribution in [0.5, 0.6) is 0 Å². The molecule has 0 saturated carbocycles. The SMILES string of the molecule is c1nc2c(c(C3CCOCC3)n1)CNCC2. The molecule has 2 aliphatic heterocycles. The lowest BCUT2D eigenvalue weighted by Crippen LogP contribution is -2.28. The van der Waals surface area contributed by atoms with Crippen molar-refractivity contribution >= 4 is 0 Å². The largest absolute Gasteiger partial charge is 0.381 e. The fourth-order valence-corrected chi connectivity index (χ4v) is 2.62. The minimum absolute atomic E-state index is 0.574. The lowest BCUT2D eigenvalue weighted by molar-refractivity contribution is 0.0842. The van der Waals surface area contributed by atoms with Crippen molar-refractivity contribution in [3.05, 3.63) is 23.3 Å². The van der Waals surface area contributed by atoms with Gasteiger partial charge in [0.15, 0.2) is 0 Å². The van der Waals surface area contributed by atoms with E-state index in [9.17, 15) is 0 Å². The molecule has 86 valence electrons. The van der Waals surface area contributed by atoms with Crippen molar-refractivity contribution in [1.29, 1.82) is 0 Å². The maximum Gasteiger partial charge on any atom is 0.115 e. The molecule has 0 atom stereocenters. The van der Waals surface area contributed by atoms with Crippen molar-refractivity contribution in [1.82, 2.24) is 15.3 Å². The van der Waals surface area contributed by atoms with Gasteiger partial charge in [-0.05, 0) is 12.8 Å². The fraction of sp³-hybridized carbons (Fsp3) is 0.667. The third kappa shape index (κ3) is 1.83. The van der Waals surface area contributed by atoms with E-state index in [1.54, 1.807) is 6.33 Å². The van der Waals surface area contributed by atoms with Crippen molar-refractivity contribution < 1.29 is 4.74 Å². The quantitative estimate of drug-likeness (QED) is 0.766. The number of ether oxygens (including phenoxy) is 1. The number of nitrogens with zero attached hydrogens (tertiary/aromatic N) is 2. The van der Waals surface area contributed by atoms with Gasteiger partial charge < -0.3 is 10.1 Å². The topological polar surface area (TPSA) is 47.0 Å². The molecule has 0 aliphatic carbocycles. The number of nitrogens with one attached hydrogen (secondary N) is 1. The van der Waals surface area contributed by atoms with Crippen LogP contribution < -0.4 is 5.32 Å². The molecule has 3 heterocycles. The zero-order chi connectivity index (χ0) is 10.8. The number of rotatable bonds is 1. The highest BCUT2D eigenvalue weighted by molar-refractivity contribution is 5.29. The lowest BCUT2D eigenvalue weighted by Gasteiger charge is -2.26. The van der Waals surface area contributed by atoms with Crippen LogP contribution in [-0.4, -0.2) is 29.7 Å². The molecule has 1 fully saturated rings. The van der Waals surface area contributed by atoms with Crippen LogP contribution in [0.3, 0.4) is 0 Å². The molecule has 1 aromatic rings. The van der Waals surface area contributed by atoms with Crippen LogP contribution in [-0.2, 0) is 17.7 Å². The van der Waals surface area contributed by atoms with Crippen molar-refractivity contribution in [2.45, 2.75) is 31.7 Å². The molecule has 0 amide bonds. The van der Waals surface area contributed by atoms with E-state index in [0.717, 1.165) is 45.6 Å². The van der Waals surface area contributed by atoms with Gasteiger partial charge in [0.1, 0.15) is 6.33 Å². The van der Waals surface area contributed by atoms with Crippen molar-refractivity contribution in [2.24, 2.45) is 0 Å². The lowest BCUT2D eigenvalue weighted by atomic mass is 9.91. The Bertz CT molecular complexity index is 375. The summed E-state index contributed by atoms with van der Waals surface area (Å²) in [6.07, 6.45) is 4.97. The van der Waals surface area contributed by atoms with Gasteiger partial charge in [0.25, 0.3) is 0 Å². The standard InChI is InChI=1S/C12H17N3O/c1-4-13-7-10-11(1)14-8-15-12(10)9-2-5-16-6-3-9/h8-9,13H,1-7H2. The molecule has 3 rings (SSSR count). The van der Waals surface area contributed by atoms with E-state index in [1.165, 1.54) is 17.0 Å². The van der Waals surface area contributed by atoms with Gasteiger partial charge in [0.2, 0.25) is 0 Å². The van der Waals surface area contributed by atoms with E-state index in [0.29, 0.717) is 5.92 Å². The molecule has 0 bridgehead atoms. The van der Waals surface area contributed by atoms with Gasteiger partial charge in [-0.3, -0.25) is 0 Å². The normalized spacial score (nSPS) is 21.8. The average molecular weight is 219 g/mol. The molecule has 2 aliphatic rings. The minimum Gasteiger partial charge on any atom is -0.381 e. The average Bonchev–Trinajstić information content (AvgIpc) is 2.39. The second-order valence-electron chi connectivity index (χ2n) is 4.50. The monoisotopic (exact) mass is 219 g/mol. The van der Waals surface area contributed by atoms with Crippen LogP contribution in [0.4, 0.5) is 0 Å². The molecule has 1 aromatic heterocycles. The first-order chi connectivity index (χ1) is 7.95. The molecule has 0 aromatic carbocycles. The van der Waals surface area contributed by atoms with E-state index < -0.39 is 0 Å². The second-order valence-corrected chi connectivity index (χ2v) is 4.50. The molecular formula is C12H17N3O. The zero-order valence-corrected chi connectivity index (χ0v) is 9.41. The Hall–Kier alpha value is -1.00. The molecule has 0 unspecified atom stereocenters. The fourth-order valence-electron chi connectivity index (χ4n) is 2.62. The second kappa shape index (κ2) is 4.47. The van der Waals surface area contributed by atoms with Crippen LogP contribution in [0.25, 0.3) is 0 Å². The highest BCUT2D eigenvalue weighted by Gasteiger charge is 2.23. The number of hydrogen-bond acceptors (Lipinski definition) is 4. The molecule has 0 radical (unpaired) electrons. The van der Waals surface area contributed by atoms with Crippen LogP contribution in [0.15, 0.2) is 6.33 Å². The number of hydrogen-bond donors (Lipinski definition) is 1. The summed E-state index contributed by atoms with van der Waals surface area (Å²) in [5.74, 6) is 0.574. The van der Waals surface area contributed by atoms with E-state index in [4.69, 9.17) is 4.74 Å². The molecule has 4 nitrogen and oxygen atoms in total. The summed E-state index contributed by atoms with van der Waals surface area (Å²) in [7, 11) is 0.